The molecule has 1 N–H and O–H groups in total. The van der Waals surface area contributed by atoms with Gasteiger partial charge >= 0.3 is 12.1 Å². The van der Waals surface area contributed by atoms with Crippen molar-refractivity contribution in [1.82, 2.24) is 9.29 Å². The lowest BCUT2D eigenvalue weighted by Gasteiger charge is -2.22. The zero-order valence-corrected chi connectivity index (χ0v) is 21.3. The van der Waals surface area contributed by atoms with Crippen molar-refractivity contribution in [3.8, 4) is 0 Å². The molecule has 0 aliphatic heterocycles. The van der Waals surface area contributed by atoms with Crippen molar-refractivity contribution >= 4 is 38.7 Å². The number of hydrogen-bond acceptors (Lipinski definition) is 8. The summed E-state index contributed by atoms with van der Waals surface area (Å²) in [5.74, 6) is -0.832. The van der Waals surface area contributed by atoms with E-state index in [-0.39, 0.29) is 33.5 Å². The number of carbonyl (C=O) groups is 2. The van der Waals surface area contributed by atoms with Crippen LogP contribution in [0.2, 0.25) is 0 Å². The summed E-state index contributed by atoms with van der Waals surface area (Å²) in [6.07, 6.45) is 0.0342. The van der Waals surface area contributed by atoms with Gasteiger partial charge in [-0.3, -0.25) is 10.1 Å². The zero-order chi connectivity index (χ0) is 26.8. The van der Waals surface area contributed by atoms with Crippen LogP contribution in [0.3, 0.4) is 0 Å². The van der Waals surface area contributed by atoms with Gasteiger partial charge in [-0.2, -0.15) is 0 Å². The predicted molar refractivity (Wildman–Crippen MR) is 131 cm³/mol. The molecule has 3 aromatic rings. The molecule has 3 rings (SSSR count). The lowest BCUT2D eigenvalue weighted by Crippen LogP contribution is -2.45. The molecule has 36 heavy (non-hydrogen) atoms. The van der Waals surface area contributed by atoms with Crippen molar-refractivity contribution in [2.24, 2.45) is 0 Å². The fraction of sp³-hybridized carbons (Fsp3) is 0.333. The first-order chi connectivity index (χ1) is 16.7. The van der Waals surface area contributed by atoms with E-state index in [2.05, 4.69) is 5.32 Å². The van der Waals surface area contributed by atoms with E-state index in [9.17, 15) is 28.1 Å². The molecule has 0 unspecified atom stereocenters. The molecule has 0 fully saturated rings. The van der Waals surface area contributed by atoms with Crippen LogP contribution < -0.4 is 5.32 Å². The van der Waals surface area contributed by atoms with E-state index in [1.807, 2.05) is 6.92 Å². The number of amides is 1. The summed E-state index contributed by atoms with van der Waals surface area (Å²) < 4.78 is 37.9. The molecule has 0 radical (unpaired) electrons. The highest BCUT2D eigenvalue weighted by atomic mass is 32.2. The normalized spacial score (nSPS) is 12.7. The number of aromatic nitrogens is 1. The number of fused-ring (bicyclic) bond motifs is 1. The van der Waals surface area contributed by atoms with Gasteiger partial charge in [0.15, 0.2) is 0 Å². The zero-order valence-electron chi connectivity index (χ0n) is 20.5. The van der Waals surface area contributed by atoms with Crippen LogP contribution in [0.15, 0.2) is 53.6 Å². The Morgan fingerprint density at radius 3 is 2.33 bits per heavy atom. The summed E-state index contributed by atoms with van der Waals surface area (Å²) in [6, 6.07) is 8.91. The number of nitrogens with zero attached hydrogens (tertiary/aromatic N) is 2. The largest absolute Gasteiger partial charge is 0.467 e. The first kappa shape index (κ1) is 26.7. The molecule has 0 aliphatic carbocycles. The molecule has 1 heterocycles. The third-order valence-electron chi connectivity index (χ3n) is 5.23. The Kier molecular flexibility index (Phi) is 7.39. The molecule has 0 bridgehead atoms. The molecule has 11 nitrogen and oxygen atoms in total. The Labute approximate surface area is 208 Å². The summed E-state index contributed by atoms with van der Waals surface area (Å²) in [6.45, 7) is 6.75. The Balaban J connectivity index is 2.16. The topological polar surface area (TPSA) is 147 Å². The van der Waals surface area contributed by atoms with Crippen LogP contribution in [0.25, 0.3) is 10.9 Å². The average molecular weight is 518 g/mol. The Morgan fingerprint density at radius 2 is 1.78 bits per heavy atom. The van der Waals surface area contributed by atoms with Gasteiger partial charge in [0, 0.05) is 18.7 Å². The molecular formula is C24H27N3O8S. The van der Waals surface area contributed by atoms with Gasteiger partial charge in [-0.15, -0.1) is 0 Å². The highest BCUT2D eigenvalue weighted by molar-refractivity contribution is 7.90. The van der Waals surface area contributed by atoms with Gasteiger partial charge in [-0.25, -0.2) is 22.0 Å². The molecule has 1 aromatic heterocycles. The van der Waals surface area contributed by atoms with Crippen LogP contribution in [0, 0.1) is 17.0 Å². The number of esters is 1. The molecule has 192 valence electrons. The van der Waals surface area contributed by atoms with Crippen LogP contribution >= 0.6 is 0 Å². The number of hydrogen-bond donors (Lipinski definition) is 1. The number of methoxy groups -OCH3 is 1. The SMILES string of the molecule is COC(=O)[C@H](Cc1cn(S(=O)(=O)c2ccc(C)cc2)c2cccc([N+](=O)[O-])c12)NC(=O)OC(C)(C)C. The van der Waals surface area contributed by atoms with Crippen molar-refractivity contribution < 1.29 is 32.4 Å². The second kappa shape index (κ2) is 9.97. The van der Waals surface area contributed by atoms with Crippen molar-refractivity contribution in [3.05, 3.63) is 69.9 Å². The summed E-state index contributed by atoms with van der Waals surface area (Å²) >= 11 is 0. The first-order valence-corrected chi connectivity index (χ1v) is 12.4. The highest BCUT2D eigenvalue weighted by Crippen LogP contribution is 2.33. The number of nitro benzene ring substituents is 1. The van der Waals surface area contributed by atoms with Gasteiger partial charge < -0.3 is 14.8 Å². The van der Waals surface area contributed by atoms with Crippen LogP contribution in [-0.2, 0) is 30.7 Å². The second-order valence-electron chi connectivity index (χ2n) is 9.12. The Morgan fingerprint density at radius 1 is 1.14 bits per heavy atom. The van der Waals surface area contributed by atoms with Gasteiger partial charge in [0.05, 0.1) is 27.8 Å². The summed E-state index contributed by atoms with van der Waals surface area (Å²) in [5, 5.41) is 14.2. The number of alkyl carbamates (subject to hydrolysis) is 1. The minimum Gasteiger partial charge on any atom is -0.467 e. The lowest BCUT2D eigenvalue weighted by atomic mass is 10.0. The Hall–Kier alpha value is -3.93. The smallest absolute Gasteiger partial charge is 0.408 e. The molecule has 0 saturated carbocycles. The number of rotatable bonds is 7. The second-order valence-corrected chi connectivity index (χ2v) is 10.9. The van der Waals surface area contributed by atoms with Gasteiger partial charge in [-0.05, 0) is 51.5 Å². The molecule has 0 spiro atoms. The molecule has 2 aromatic carbocycles. The minimum absolute atomic E-state index is 0.0144. The fourth-order valence-corrected chi connectivity index (χ4v) is 5.04. The number of aryl methyl sites for hydroxylation is 1. The molecule has 0 aliphatic rings. The number of carbonyl (C=O) groups excluding carboxylic acids is 2. The fourth-order valence-electron chi connectivity index (χ4n) is 3.65. The van der Waals surface area contributed by atoms with Crippen LogP contribution in [0.1, 0.15) is 31.9 Å². The standard InChI is InChI=1S/C24H27N3O8S/c1-15-9-11-17(12-10-15)36(32,33)26-14-16(21-19(26)7-6-8-20(21)27(30)31)13-18(22(28)34-5)25-23(29)35-24(2,3)4/h6-12,14,18H,13H2,1-5H3,(H,25,29)/t18-/m0/s1. The number of nitrogens with one attached hydrogen (secondary N) is 1. The molecule has 12 heteroatoms. The van der Waals surface area contributed by atoms with E-state index in [1.54, 1.807) is 32.9 Å². The average Bonchev–Trinajstić information content (AvgIpc) is 3.16. The number of benzene rings is 2. The van der Waals surface area contributed by atoms with Crippen LogP contribution in [0.5, 0.6) is 0 Å². The van der Waals surface area contributed by atoms with Crippen molar-refractivity contribution in [3.63, 3.8) is 0 Å². The van der Waals surface area contributed by atoms with E-state index < -0.39 is 38.7 Å². The van der Waals surface area contributed by atoms with Crippen molar-refractivity contribution in [2.45, 2.75) is 50.7 Å². The molecule has 0 saturated heterocycles. The van der Waals surface area contributed by atoms with Gasteiger partial charge in [0.25, 0.3) is 15.7 Å². The highest BCUT2D eigenvalue weighted by Gasteiger charge is 2.31. The van der Waals surface area contributed by atoms with Crippen molar-refractivity contribution in [1.29, 1.82) is 0 Å². The summed E-state index contributed by atoms with van der Waals surface area (Å²) in [7, 11) is -3.02. The van der Waals surface area contributed by atoms with E-state index in [1.165, 1.54) is 36.5 Å². The summed E-state index contributed by atoms with van der Waals surface area (Å²) in [5.41, 5.74) is -0.125. The number of nitro groups is 1. The van der Waals surface area contributed by atoms with E-state index in [0.29, 0.717) is 0 Å². The minimum atomic E-state index is -4.15. The van der Waals surface area contributed by atoms with E-state index in [0.717, 1.165) is 16.6 Å². The maximum Gasteiger partial charge on any atom is 0.408 e. The predicted octanol–water partition coefficient (Wildman–Crippen LogP) is 3.70. The third-order valence-corrected chi connectivity index (χ3v) is 6.92. The summed E-state index contributed by atoms with van der Waals surface area (Å²) in [4.78, 5) is 36.0. The molecular weight excluding hydrogens is 490 g/mol. The van der Waals surface area contributed by atoms with Gasteiger partial charge in [-0.1, -0.05) is 23.8 Å². The van der Waals surface area contributed by atoms with Crippen LogP contribution in [0.4, 0.5) is 10.5 Å². The lowest BCUT2D eigenvalue weighted by molar-refractivity contribution is -0.383. The maximum atomic E-state index is 13.5. The van der Waals surface area contributed by atoms with Crippen molar-refractivity contribution in [2.75, 3.05) is 7.11 Å². The first-order valence-electron chi connectivity index (χ1n) is 10.9. The number of non-ortho nitro benzene ring substituents is 1. The van der Waals surface area contributed by atoms with E-state index >= 15 is 0 Å². The Bertz CT molecular complexity index is 1420. The van der Waals surface area contributed by atoms with Crippen LogP contribution in [-0.4, -0.2) is 48.1 Å². The monoisotopic (exact) mass is 517 g/mol. The molecule has 1 amide bonds. The van der Waals surface area contributed by atoms with Gasteiger partial charge in [0.2, 0.25) is 0 Å². The van der Waals surface area contributed by atoms with Gasteiger partial charge in [0.1, 0.15) is 11.6 Å². The molecule has 1 atom stereocenters. The third kappa shape index (κ3) is 5.65. The van der Waals surface area contributed by atoms with E-state index in [4.69, 9.17) is 9.47 Å². The number of ether oxygens (including phenoxy) is 2. The quantitative estimate of drug-likeness (QED) is 0.283. The maximum absolute atomic E-state index is 13.5.